The van der Waals surface area contributed by atoms with Crippen molar-refractivity contribution in [1.82, 2.24) is 0 Å². The quantitative estimate of drug-likeness (QED) is 0.726. The molecule has 1 heterocycles. The van der Waals surface area contributed by atoms with Gasteiger partial charge < -0.3 is 0 Å². The molecule has 0 amide bonds. The predicted molar refractivity (Wildman–Crippen MR) is 64.7 cm³/mol. The van der Waals surface area contributed by atoms with Crippen LogP contribution >= 0.6 is 22.9 Å². The number of halogens is 2. The summed E-state index contributed by atoms with van der Waals surface area (Å²) >= 11 is 6.96. The summed E-state index contributed by atoms with van der Waals surface area (Å²) in [6.07, 6.45) is 0. The number of hydrogen-bond acceptors (Lipinski definition) is 2. The molecule has 0 bridgehead atoms. The van der Waals surface area contributed by atoms with Gasteiger partial charge in [-0.05, 0) is 25.1 Å². The summed E-state index contributed by atoms with van der Waals surface area (Å²) in [4.78, 5) is 12.5. The van der Waals surface area contributed by atoms with Gasteiger partial charge >= 0.3 is 0 Å². The van der Waals surface area contributed by atoms with E-state index in [-0.39, 0.29) is 10.8 Å². The summed E-state index contributed by atoms with van der Waals surface area (Å²) in [6, 6.07) is 8.27. The molecule has 2 aromatic rings. The van der Waals surface area contributed by atoms with Crippen LogP contribution in [0.1, 0.15) is 16.6 Å². The number of carbonyl (C=O) groups is 1. The summed E-state index contributed by atoms with van der Waals surface area (Å²) < 4.78 is 13.7. The minimum atomic E-state index is -0.443. The fraction of sp³-hybridized carbons (Fsp3) is 0.0833. The fourth-order valence-corrected chi connectivity index (χ4v) is 2.46. The third-order valence-corrected chi connectivity index (χ3v) is 3.68. The Bertz CT molecular complexity index is 548. The van der Waals surface area contributed by atoms with Crippen LogP contribution in [0.25, 0.3) is 10.4 Å². The largest absolute Gasteiger partial charge is 0.294 e. The van der Waals surface area contributed by atoms with Crippen molar-refractivity contribution >= 4 is 28.7 Å². The first-order valence-electron chi connectivity index (χ1n) is 4.65. The van der Waals surface area contributed by atoms with Gasteiger partial charge in [-0.25, -0.2) is 4.39 Å². The van der Waals surface area contributed by atoms with Crippen molar-refractivity contribution in [2.75, 3.05) is 0 Å². The molecule has 0 saturated carbocycles. The van der Waals surface area contributed by atoms with E-state index in [9.17, 15) is 9.18 Å². The van der Waals surface area contributed by atoms with Gasteiger partial charge in [0.25, 0.3) is 0 Å². The fourth-order valence-electron chi connectivity index (χ4n) is 1.37. The van der Waals surface area contributed by atoms with Crippen molar-refractivity contribution in [3.8, 4) is 10.4 Å². The van der Waals surface area contributed by atoms with Crippen molar-refractivity contribution in [2.24, 2.45) is 0 Å². The van der Waals surface area contributed by atoms with Gasteiger partial charge in [0.05, 0.1) is 9.90 Å². The lowest BCUT2D eigenvalue weighted by Gasteiger charge is -2.00. The number of ketones is 1. The molecule has 0 fully saturated rings. The summed E-state index contributed by atoms with van der Waals surface area (Å²) in [5, 5.41) is 0.0928. The molecule has 0 aliphatic carbocycles. The van der Waals surface area contributed by atoms with Gasteiger partial charge in [-0.15, -0.1) is 11.3 Å². The normalized spacial score (nSPS) is 10.4. The van der Waals surface area contributed by atoms with E-state index in [4.69, 9.17) is 11.6 Å². The van der Waals surface area contributed by atoms with Gasteiger partial charge in [-0.3, -0.25) is 4.79 Å². The van der Waals surface area contributed by atoms with Crippen LogP contribution in [0, 0.1) is 5.82 Å². The molecule has 2 rings (SSSR count). The van der Waals surface area contributed by atoms with Crippen LogP contribution in [0.3, 0.4) is 0 Å². The molecule has 16 heavy (non-hydrogen) atoms. The third-order valence-electron chi connectivity index (χ3n) is 2.17. The SMILES string of the molecule is CC(=O)c1ccc(-c2cccc(Cl)c2F)s1. The molecule has 1 aromatic carbocycles. The van der Waals surface area contributed by atoms with Gasteiger partial charge in [0.1, 0.15) is 5.82 Å². The van der Waals surface area contributed by atoms with Crippen LogP contribution in [0.15, 0.2) is 30.3 Å². The Morgan fingerprint density at radius 1 is 1.31 bits per heavy atom. The lowest BCUT2D eigenvalue weighted by molar-refractivity contribution is 0.102. The molecule has 1 nitrogen and oxygen atoms in total. The van der Waals surface area contributed by atoms with Crippen LogP contribution in [-0.2, 0) is 0 Å². The highest BCUT2D eigenvalue weighted by atomic mass is 35.5. The van der Waals surface area contributed by atoms with Crippen LogP contribution < -0.4 is 0 Å². The van der Waals surface area contributed by atoms with Crippen LogP contribution in [0.2, 0.25) is 5.02 Å². The maximum absolute atomic E-state index is 13.7. The lowest BCUT2D eigenvalue weighted by atomic mass is 10.2. The Balaban J connectivity index is 2.50. The van der Waals surface area contributed by atoms with Crippen LogP contribution in [-0.4, -0.2) is 5.78 Å². The van der Waals surface area contributed by atoms with Crippen molar-refractivity contribution in [3.63, 3.8) is 0 Å². The second-order valence-corrected chi connectivity index (χ2v) is 4.81. The first-order valence-corrected chi connectivity index (χ1v) is 5.84. The molecule has 0 N–H and O–H groups in total. The predicted octanol–water partition coefficient (Wildman–Crippen LogP) is 4.41. The van der Waals surface area contributed by atoms with E-state index in [2.05, 4.69) is 0 Å². The van der Waals surface area contributed by atoms with Gasteiger partial charge in [-0.1, -0.05) is 23.7 Å². The number of thiophene rings is 1. The summed E-state index contributed by atoms with van der Waals surface area (Å²) in [5.41, 5.74) is 0.435. The molecule has 0 atom stereocenters. The van der Waals surface area contributed by atoms with E-state index in [1.54, 1.807) is 24.3 Å². The highest BCUT2D eigenvalue weighted by Crippen LogP contribution is 2.32. The Morgan fingerprint density at radius 3 is 2.69 bits per heavy atom. The molecule has 0 aliphatic rings. The highest BCUT2D eigenvalue weighted by molar-refractivity contribution is 7.17. The molecular formula is C12H8ClFOS. The maximum Gasteiger partial charge on any atom is 0.169 e. The van der Waals surface area contributed by atoms with E-state index in [0.717, 1.165) is 0 Å². The van der Waals surface area contributed by atoms with E-state index in [1.165, 1.54) is 24.3 Å². The van der Waals surface area contributed by atoms with Gasteiger partial charge in [0.2, 0.25) is 0 Å². The summed E-state index contributed by atoms with van der Waals surface area (Å²) in [5.74, 6) is -0.459. The Labute approximate surface area is 101 Å². The minimum Gasteiger partial charge on any atom is -0.294 e. The second-order valence-electron chi connectivity index (χ2n) is 3.32. The van der Waals surface area contributed by atoms with Gasteiger partial charge in [0.15, 0.2) is 5.78 Å². The zero-order chi connectivity index (χ0) is 11.7. The monoisotopic (exact) mass is 254 g/mol. The third kappa shape index (κ3) is 2.01. The van der Waals surface area contributed by atoms with Crippen LogP contribution in [0.4, 0.5) is 4.39 Å². The molecule has 0 aliphatic heterocycles. The van der Waals surface area contributed by atoms with E-state index in [0.29, 0.717) is 15.3 Å². The zero-order valence-corrected chi connectivity index (χ0v) is 10.0. The topological polar surface area (TPSA) is 17.1 Å². The lowest BCUT2D eigenvalue weighted by Crippen LogP contribution is -1.84. The van der Waals surface area contributed by atoms with Crippen molar-refractivity contribution in [3.05, 3.63) is 46.0 Å². The van der Waals surface area contributed by atoms with Crippen molar-refractivity contribution < 1.29 is 9.18 Å². The number of Topliss-reactive ketones (excluding diaryl/α,β-unsaturated/α-hetero) is 1. The van der Waals surface area contributed by atoms with E-state index >= 15 is 0 Å². The Morgan fingerprint density at radius 2 is 2.06 bits per heavy atom. The van der Waals surface area contributed by atoms with Crippen molar-refractivity contribution in [1.29, 1.82) is 0 Å². The molecule has 0 radical (unpaired) electrons. The molecule has 0 saturated heterocycles. The zero-order valence-electron chi connectivity index (χ0n) is 8.46. The molecular weight excluding hydrogens is 247 g/mol. The number of hydrogen-bond donors (Lipinski definition) is 0. The average molecular weight is 255 g/mol. The molecule has 0 unspecified atom stereocenters. The van der Waals surface area contributed by atoms with Crippen LogP contribution in [0.5, 0.6) is 0 Å². The molecule has 0 spiro atoms. The number of benzene rings is 1. The summed E-state index contributed by atoms with van der Waals surface area (Å²) in [7, 11) is 0. The molecule has 1 aromatic heterocycles. The smallest absolute Gasteiger partial charge is 0.169 e. The molecule has 82 valence electrons. The van der Waals surface area contributed by atoms with Gasteiger partial charge in [0, 0.05) is 10.4 Å². The standard InChI is InChI=1S/C12H8ClFOS/c1-7(15)10-5-6-11(16-10)8-3-2-4-9(13)12(8)14/h2-6H,1H3. The van der Waals surface area contributed by atoms with Crippen molar-refractivity contribution in [2.45, 2.75) is 6.92 Å². The first-order chi connectivity index (χ1) is 7.59. The minimum absolute atomic E-state index is 0.0151. The Kier molecular flexibility index (Phi) is 3.08. The number of carbonyl (C=O) groups excluding carboxylic acids is 1. The number of rotatable bonds is 2. The van der Waals surface area contributed by atoms with E-state index < -0.39 is 5.82 Å². The maximum atomic E-state index is 13.7. The second kappa shape index (κ2) is 4.36. The average Bonchev–Trinajstić information content (AvgIpc) is 2.71. The molecule has 4 heteroatoms. The van der Waals surface area contributed by atoms with Gasteiger partial charge in [-0.2, -0.15) is 0 Å². The van der Waals surface area contributed by atoms with E-state index in [1.807, 2.05) is 0 Å². The summed E-state index contributed by atoms with van der Waals surface area (Å²) in [6.45, 7) is 1.49. The Hall–Kier alpha value is -1.19. The first kappa shape index (κ1) is 11.3. The highest BCUT2D eigenvalue weighted by Gasteiger charge is 2.11.